The lowest BCUT2D eigenvalue weighted by molar-refractivity contribution is -0.0498. The number of rotatable bonds is 5. The molecule has 2 aromatic carbocycles. The van der Waals surface area contributed by atoms with E-state index in [-0.39, 0.29) is 23.4 Å². The fourth-order valence-corrected chi connectivity index (χ4v) is 3.49. The van der Waals surface area contributed by atoms with Crippen LogP contribution in [0.25, 0.3) is 22.2 Å². The van der Waals surface area contributed by atoms with E-state index in [1.54, 1.807) is 23.9 Å². The minimum atomic E-state index is -2.97. The summed E-state index contributed by atoms with van der Waals surface area (Å²) in [5, 5.41) is 4.34. The van der Waals surface area contributed by atoms with Crippen LogP contribution in [0.3, 0.4) is 0 Å². The average Bonchev–Trinajstić information content (AvgIpc) is 3.12. The predicted molar refractivity (Wildman–Crippen MR) is 104 cm³/mol. The Morgan fingerprint density at radius 2 is 1.93 bits per heavy atom. The molecule has 0 fully saturated rings. The predicted octanol–water partition coefficient (Wildman–Crippen LogP) is 4.40. The molecule has 2 heterocycles. The Bertz CT molecular complexity index is 1300. The molecular weight excluding hydrogens is 399 g/mol. The molecular formula is C21H18F3N3O3. The maximum absolute atomic E-state index is 14.7. The Labute approximate surface area is 169 Å². The molecule has 0 N–H and O–H groups in total. The van der Waals surface area contributed by atoms with Gasteiger partial charge in [-0.3, -0.25) is 9.25 Å². The molecule has 156 valence electrons. The van der Waals surface area contributed by atoms with Crippen LogP contribution in [0.5, 0.6) is 5.75 Å². The van der Waals surface area contributed by atoms with Crippen LogP contribution in [-0.2, 0) is 13.6 Å². The van der Waals surface area contributed by atoms with E-state index in [4.69, 9.17) is 4.42 Å². The summed E-state index contributed by atoms with van der Waals surface area (Å²) in [4.78, 5) is 12.4. The highest BCUT2D eigenvalue weighted by Gasteiger charge is 2.19. The van der Waals surface area contributed by atoms with Crippen LogP contribution in [0.1, 0.15) is 17.0 Å². The van der Waals surface area contributed by atoms with Crippen LogP contribution in [0.15, 0.2) is 45.6 Å². The van der Waals surface area contributed by atoms with Crippen molar-refractivity contribution in [2.24, 2.45) is 7.05 Å². The molecule has 9 heteroatoms. The number of aryl methyl sites for hydroxylation is 2. The van der Waals surface area contributed by atoms with Gasteiger partial charge in [-0.15, -0.1) is 0 Å². The molecule has 0 atom stereocenters. The van der Waals surface area contributed by atoms with E-state index < -0.39 is 18.2 Å². The van der Waals surface area contributed by atoms with E-state index in [1.807, 2.05) is 13.8 Å². The fourth-order valence-electron chi connectivity index (χ4n) is 3.49. The maximum atomic E-state index is 14.7. The number of fused-ring (bicyclic) bond motifs is 1. The van der Waals surface area contributed by atoms with Gasteiger partial charge in [0.1, 0.15) is 5.75 Å². The number of aromatic nitrogens is 3. The Morgan fingerprint density at radius 3 is 2.60 bits per heavy atom. The number of alkyl halides is 2. The topological polar surface area (TPSA) is 62.2 Å². The van der Waals surface area contributed by atoms with Crippen LogP contribution in [0.4, 0.5) is 13.2 Å². The largest absolute Gasteiger partial charge is 0.435 e. The van der Waals surface area contributed by atoms with Gasteiger partial charge in [-0.2, -0.15) is 13.9 Å². The second-order valence-electron chi connectivity index (χ2n) is 6.94. The minimum absolute atomic E-state index is 0.0470. The van der Waals surface area contributed by atoms with Gasteiger partial charge in [-0.25, -0.2) is 9.18 Å². The molecule has 0 aliphatic carbocycles. The highest BCUT2D eigenvalue weighted by Crippen LogP contribution is 2.30. The zero-order chi connectivity index (χ0) is 21.6. The summed E-state index contributed by atoms with van der Waals surface area (Å²) < 4.78 is 52.4. The van der Waals surface area contributed by atoms with E-state index in [9.17, 15) is 18.0 Å². The van der Waals surface area contributed by atoms with Crippen LogP contribution in [0.2, 0.25) is 0 Å². The Morgan fingerprint density at radius 1 is 1.17 bits per heavy atom. The third kappa shape index (κ3) is 3.47. The summed E-state index contributed by atoms with van der Waals surface area (Å²) in [6.07, 6.45) is 0. The third-order valence-electron chi connectivity index (χ3n) is 5.09. The number of halogens is 3. The van der Waals surface area contributed by atoms with Crippen molar-refractivity contribution in [1.29, 1.82) is 0 Å². The zero-order valence-electron chi connectivity index (χ0n) is 16.4. The Kier molecular flexibility index (Phi) is 4.89. The van der Waals surface area contributed by atoms with Crippen LogP contribution in [-0.4, -0.2) is 21.0 Å². The van der Waals surface area contributed by atoms with Crippen molar-refractivity contribution in [1.82, 2.24) is 14.3 Å². The second kappa shape index (κ2) is 7.40. The second-order valence-corrected chi connectivity index (χ2v) is 6.94. The standard InChI is InChI=1S/C21H18F3N3O3/c1-11-16(12(2)26(3)25-11)10-27-18-9-14(8-17(22)19(18)30-21(27)28)13-5-4-6-15(7-13)29-20(23)24/h4-9,20H,10H2,1-3H3. The summed E-state index contributed by atoms with van der Waals surface area (Å²) >= 11 is 0. The number of ether oxygens (including phenoxy) is 1. The lowest BCUT2D eigenvalue weighted by Gasteiger charge is -2.08. The molecule has 0 amide bonds. The molecule has 0 saturated carbocycles. The van der Waals surface area contributed by atoms with Gasteiger partial charge in [0, 0.05) is 18.3 Å². The van der Waals surface area contributed by atoms with Crippen LogP contribution in [0, 0.1) is 19.7 Å². The van der Waals surface area contributed by atoms with Gasteiger partial charge < -0.3 is 9.15 Å². The molecule has 0 bridgehead atoms. The summed E-state index contributed by atoms with van der Waals surface area (Å²) in [6.45, 7) is 0.901. The first-order valence-electron chi connectivity index (χ1n) is 9.12. The first kappa shape index (κ1) is 19.8. The lowest BCUT2D eigenvalue weighted by Crippen LogP contribution is -2.15. The minimum Gasteiger partial charge on any atom is -0.435 e. The van der Waals surface area contributed by atoms with Crippen LogP contribution >= 0.6 is 0 Å². The van der Waals surface area contributed by atoms with E-state index in [0.717, 1.165) is 17.0 Å². The summed E-state index contributed by atoms with van der Waals surface area (Å²) in [5.41, 5.74) is 3.42. The number of hydrogen-bond acceptors (Lipinski definition) is 4. The maximum Gasteiger partial charge on any atom is 0.420 e. The lowest BCUT2D eigenvalue weighted by atomic mass is 10.0. The molecule has 0 saturated heterocycles. The number of oxazole rings is 1. The van der Waals surface area contributed by atoms with Crippen molar-refractivity contribution in [2.45, 2.75) is 27.0 Å². The normalized spacial score (nSPS) is 11.6. The van der Waals surface area contributed by atoms with Gasteiger partial charge in [-0.05, 0) is 49.2 Å². The van der Waals surface area contributed by atoms with E-state index >= 15 is 0 Å². The highest BCUT2D eigenvalue weighted by atomic mass is 19.3. The molecule has 4 rings (SSSR count). The molecule has 0 aliphatic heterocycles. The van der Waals surface area contributed by atoms with Gasteiger partial charge in [-0.1, -0.05) is 12.1 Å². The quantitative estimate of drug-likeness (QED) is 0.483. The zero-order valence-corrected chi connectivity index (χ0v) is 16.4. The number of nitrogens with zero attached hydrogens (tertiary/aromatic N) is 3. The summed E-state index contributed by atoms with van der Waals surface area (Å²) in [5.74, 6) is -1.47. The molecule has 6 nitrogen and oxygen atoms in total. The van der Waals surface area contributed by atoms with Crippen molar-refractivity contribution >= 4 is 11.1 Å². The van der Waals surface area contributed by atoms with Crippen LogP contribution < -0.4 is 10.5 Å². The van der Waals surface area contributed by atoms with E-state index in [1.165, 1.54) is 28.8 Å². The molecule has 30 heavy (non-hydrogen) atoms. The highest BCUT2D eigenvalue weighted by molar-refractivity contribution is 5.81. The van der Waals surface area contributed by atoms with Crippen molar-refractivity contribution in [3.8, 4) is 16.9 Å². The van der Waals surface area contributed by atoms with Crippen molar-refractivity contribution < 1.29 is 22.3 Å². The average molecular weight is 417 g/mol. The molecule has 0 unspecified atom stereocenters. The first-order chi connectivity index (χ1) is 14.2. The fraction of sp³-hybridized carbons (Fsp3) is 0.238. The van der Waals surface area contributed by atoms with Crippen molar-refractivity contribution in [3.63, 3.8) is 0 Å². The molecule has 0 spiro atoms. The third-order valence-corrected chi connectivity index (χ3v) is 5.09. The molecule has 4 aromatic rings. The molecule has 0 radical (unpaired) electrons. The van der Waals surface area contributed by atoms with Gasteiger partial charge >= 0.3 is 12.4 Å². The SMILES string of the molecule is Cc1nn(C)c(C)c1Cn1c(=O)oc2c(F)cc(-c3cccc(OC(F)F)c3)cc21. The van der Waals surface area contributed by atoms with E-state index in [0.29, 0.717) is 11.1 Å². The Balaban J connectivity index is 1.84. The monoisotopic (exact) mass is 417 g/mol. The van der Waals surface area contributed by atoms with E-state index in [2.05, 4.69) is 9.84 Å². The van der Waals surface area contributed by atoms with Crippen molar-refractivity contribution in [2.75, 3.05) is 0 Å². The number of hydrogen-bond donors (Lipinski definition) is 0. The van der Waals surface area contributed by atoms with Gasteiger partial charge in [0.05, 0.1) is 17.8 Å². The van der Waals surface area contributed by atoms with Gasteiger partial charge in [0.15, 0.2) is 11.4 Å². The van der Waals surface area contributed by atoms with Gasteiger partial charge in [0.2, 0.25) is 0 Å². The smallest absolute Gasteiger partial charge is 0.420 e. The molecule has 0 aliphatic rings. The Hall–Kier alpha value is -3.49. The first-order valence-corrected chi connectivity index (χ1v) is 9.12. The summed E-state index contributed by atoms with van der Waals surface area (Å²) in [7, 11) is 1.80. The van der Waals surface area contributed by atoms with Crippen molar-refractivity contribution in [3.05, 3.63) is 69.7 Å². The summed E-state index contributed by atoms with van der Waals surface area (Å²) in [6, 6.07) is 8.71. The molecule has 2 aromatic heterocycles. The van der Waals surface area contributed by atoms with Gasteiger partial charge in [0.25, 0.3) is 0 Å². The number of benzene rings is 2.